The number of anilines is 1. The van der Waals surface area contributed by atoms with E-state index in [9.17, 15) is 9.18 Å². The van der Waals surface area contributed by atoms with E-state index in [-0.39, 0.29) is 16.5 Å². The summed E-state index contributed by atoms with van der Waals surface area (Å²) in [7, 11) is 0. The van der Waals surface area contributed by atoms with E-state index in [4.69, 9.17) is 11.6 Å². The van der Waals surface area contributed by atoms with Crippen molar-refractivity contribution in [3.05, 3.63) is 46.0 Å². The van der Waals surface area contributed by atoms with Crippen molar-refractivity contribution in [3.63, 3.8) is 0 Å². The van der Waals surface area contributed by atoms with Gasteiger partial charge in [-0.2, -0.15) is 5.10 Å². The molecule has 2 aromatic rings. The number of halogens is 2. The molecule has 1 saturated heterocycles. The summed E-state index contributed by atoms with van der Waals surface area (Å²) in [6.07, 6.45) is 1.60. The highest BCUT2D eigenvalue weighted by molar-refractivity contribution is 6.33. The maximum Gasteiger partial charge on any atom is 0.258 e. The van der Waals surface area contributed by atoms with Gasteiger partial charge in [-0.3, -0.25) is 4.79 Å². The molecule has 1 fully saturated rings. The predicted octanol–water partition coefficient (Wildman–Crippen LogP) is 2.75. The van der Waals surface area contributed by atoms with Crippen molar-refractivity contribution >= 4 is 23.5 Å². The van der Waals surface area contributed by atoms with Crippen LogP contribution < -0.4 is 4.90 Å². The molecule has 0 unspecified atom stereocenters. The molecule has 0 saturated carbocycles. The Morgan fingerprint density at radius 3 is 2.42 bits per heavy atom. The van der Waals surface area contributed by atoms with E-state index in [1.807, 2.05) is 18.7 Å². The van der Waals surface area contributed by atoms with Crippen LogP contribution in [-0.4, -0.2) is 52.2 Å². The summed E-state index contributed by atoms with van der Waals surface area (Å²) < 4.78 is 14.0. The van der Waals surface area contributed by atoms with Crippen LogP contribution in [0.1, 0.15) is 35.6 Å². The highest BCUT2D eigenvalue weighted by Gasteiger charge is 2.27. The summed E-state index contributed by atoms with van der Waals surface area (Å²) >= 11 is 6.00. The molecule has 0 N–H and O–H groups in total. The van der Waals surface area contributed by atoms with Crippen LogP contribution in [0, 0.1) is 5.82 Å². The summed E-state index contributed by atoms with van der Waals surface area (Å²) in [4.78, 5) is 20.8. The number of hydrogen-bond donors (Lipinski definition) is 0. The zero-order chi connectivity index (χ0) is 18.7. The molecule has 138 valence electrons. The van der Waals surface area contributed by atoms with E-state index in [0.29, 0.717) is 32.1 Å². The van der Waals surface area contributed by atoms with E-state index in [1.54, 1.807) is 4.90 Å². The van der Waals surface area contributed by atoms with Crippen molar-refractivity contribution in [2.45, 2.75) is 26.7 Å². The molecule has 0 radical (unpaired) electrons. The number of benzene rings is 1. The highest BCUT2D eigenvalue weighted by atomic mass is 35.5. The highest BCUT2D eigenvalue weighted by Crippen LogP contribution is 2.22. The molecule has 0 aliphatic carbocycles. The molecule has 8 heteroatoms. The van der Waals surface area contributed by atoms with Crippen molar-refractivity contribution in [1.29, 1.82) is 0 Å². The molecule has 2 heterocycles. The molecular formula is C18H21ClFN5O. The zero-order valence-electron chi connectivity index (χ0n) is 14.9. The maximum absolute atomic E-state index is 14.0. The largest absolute Gasteiger partial charge is 0.336 e. The third-order valence-electron chi connectivity index (χ3n) is 4.52. The third-order valence-corrected chi connectivity index (χ3v) is 4.84. The van der Waals surface area contributed by atoms with Crippen molar-refractivity contribution in [1.82, 2.24) is 20.1 Å². The number of nitrogens with zero attached hydrogens (tertiary/aromatic N) is 5. The second kappa shape index (κ2) is 7.95. The zero-order valence-corrected chi connectivity index (χ0v) is 15.6. The van der Waals surface area contributed by atoms with Crippen LogP contribution in [0.4, 0.5) is 10.3 Å². The number of carbonyl (C=O) groups excluding carboxylic acids is 1. The molecule has 0 atom stereocenters. The molecule has 1 aliphatic heterocycles. The van der Waals surface area contributed by atoms with Gasteiger partial charge in [0.05, 0.1) is 22.0 Å². The third kappa shape index (κ3) is 3.62. The first-order valence-electron chi connectivity index (χ1n) is 8.75. The van der Waals surface area contributed by atoms with Gasteiger partial charge in [-0.15, -0.1) is 5.10 Å². The summed E-state index contributed by atoms with van der Waals surface area (Å²) in [5.41, 5.74) is 1.80. The minimum Gasteiger partial charge on any atom is -0.336 e. The Bertz CT molecular complexity index is 788. The van der Waals surface area contributed by atoms with Gasteiger partial charge in [-0.25, -0.2) is 9.37 Å². The molecule has 0 bridgehead atoms. The molecule has 26 heavy (non-hydrogen) atoms. The molecule has 1 aromatic carbocycles. The van der Waals surface area contributed by atoms with Crippen LogP contribution in [0.15, 0.2) is 18.2 Å². The van der Waals surface area contributed by atoms with Gasteiger partial charge in [0, 0.05) is 26.2 Å². The van der Waals surface area contributed by atoms with Crippen LogP contribution in [0.5, 0.6) is 0 Å². The van der Waals surface area contributed by atoms with E-state index < -0.39 is 5.82 Å². The summed E-state index contributed by atoms with van der Waals surface area (Å²) in [6, 6.07) is 4.26. The molecule has 1 amide bonds. The summed E-state index contributed by atoms with van der Waals surface area (Å²) in [5, 5.41) is 8.62. The molecule has 0 spiro atoms. The van der Waals surface area contributed by atoms with Gasteiger partial charge in [0.1, 0.15) is 5.82 Å². The molecule has 6 nitrogen and oxygen atoms in total. The maximum atomic E-state index is 14.0. The first-order valence-corrected chi connectivity index (χ1v) is 9.13. The smallest absolute Gasteiger partial charge is 0.258 e. The van der Waals surface area contributed by atoms with Crippen molar-refractivity contribution < 1.29 is 9.18 Å². The van der Waals surface area contributed by atoms with Crippen LogP contribution in [0.25, 0.3) is 0 Å². The number of aryl methyl sites for hydroxylation is 2. The average Bonchev–Trinajstić information content (AvgIpc) is 2.67. The Morgan fingerprint density at radius 2 is 1.81 bits per heavy atom. The van der Waals surface area contributed by atoms with Crippen molar-refractivity contribution in [3.8, 4) is 0 Å². The van der Waals surface area contributed by atoms with Crippen molar-refractivity contribution in [2.75, 3.05) is 31.1 Å². The van der Waals surface area contributed by atoms with E-state index in [1.165, 1.54) is 18.2 Å². The lowest BCUT2D eigenvalue weighted by Crippen LogP contribution is -2.49. The molecule has 1 aliphatic rings. The molecular weight excluding hydrogens is 357 g/mol. The Hall–Kier alpha value is -2.28. The van der Waals surface area contributed by atoms with Crippen LogP contribution in [0.3, 0.4) is 0 Å². The fourth-order valence-electron chi connectivity index (χ4n) is 3.03. The monoisotopic (exact) mass is 377 g/mol. The predicted molar refractivity (Wildman–Crippen MR) is 98.1 cm³/mol. The Morgan fingerprint density at radius 1 is 1.12 bits per heavy atom. The lowest BCUT2D eigenvalue weighted by atomic mass is 10.1. The average molecular weight is 378 g/mol. The Labute approximate surface area is 157 Å². The second-order valence-corrected chi connectivity index (χ2v) is 6.50. The van der Waals surface area contributed by atoms with Crippen LogP contribution >= 0.6 is 11.6 Å². The molecule has 3 rings (SSSR count). The Balaban J connectivity index is 1.70. The second-order valence-electron chi connectivity index (χ2n) is 6.09. The van der Waals surface area contributed by atoms with Gasteiger partial charge in [-0.05, 0) is 25.0 Å². The van der Waals surface area contributed by atoms with Gasteiger partial charge >= 0.3 is 0 Å². The fourth-order valence-corrected chi connectivity index (χ4v) is 3.28. The van der Waals surface area contributed by atoms with Gasteiger partial charge in [0.25, 0.3) is 5.91 Å². The Kier molecular flexibility index (Phi) is 5.66. The minimum atomic E-state index is -0.597. The first kappa shape index (κ1) is 18.5. The lowest BCUT2D eigenvalue weighted by molar-refractivity contribution is 0.0741. The lowest BCUT2D eigenvalue weighted by Gasteiger charge is -2.34. The summed E-state index contributed by atoms with van der Waals surface area (Å²) in [5.74, 6) is -0.405. The normalized spacial score (nSPS) is 14.6. The van der Waals surface area contributed by atoms with Gasteiger partial charge in [-0.1, -0.05) is 31.5 Å². The summed E-state index contributed by atoms with van der Waals surface area (Å²) in [6.45, 7) is 6.10. The topological polar surface area (TPSA) is 62.2 Å². The van der Waals surface area contributed by atoms with Gasteiger partial charge in [0.2, 0.25) is 5.95 Å². The van der Waals surface area contributed by atoms with E-state index >= 15 is 0 Å². The standard InChI is InChI=1S/C18H21ClFN5O/c1-3-14-15(4-2)22-23-18(21-14)25-10-8-24(9-11-25)17(26)16-12(19)6-5-7-13(16)20/h5-7H,3-4,8-11H2,1-2H3. The number of carbonyl (C=O) groups is 1. The minimum absolute atomic E-state index is 0.0684. The van der Waals surface area contributed by atoms with Gasteiger partial charge < -0.3 is 9.80 Å². The van der Waals surface area contributed by atoms with E-state index in [2.05, 4.69) is 15.2 Å². The first-order chi connectivity index (χ1) is 12.5. The number of piperazine rings is 1. The van der Waals surface area contributed by atoms with Crippen molar-refractivity contribution in [2.24, 2.45) is 0 Å². The SMILES string of the molecule is CCc1nnc(N2CCN(C(=O)c3c(F)cccc3Cl)CC2)nc1CC. The van der Waals surface area contributed by atoms with E-state index in [0.717, 1.165) is 24.2 Å². The number of hydrogen-bond acceptors (Lipinski definition) is 5. The van der Waals surface area contributed by atoms with Crippen LogP contribution in [-0.2, 0) is 12.8 Å². The fraction of sp³-hybridized carbons (Fsp3) is 0.444. The van der Waals surface area contributed by atoms with Gasteiger partial charge in [0.15, 0.2) is 0 Å². The van der Waals surface area contributed by atoms with Crippen LogP contribution in [0.2, 0.25) is 5.02 Å². The molecule has 1 aromatic heterocycles. The number of rotatable bonds is 4. The number of amides is 1. The quantitative estimate of drug-likeness (QED) is 0.819. The number of aromatic nitrogens is 3.